The number of nitrogens with two attached hydrogens (primary N) is 1. The Morgan fingerprint density at radius 2 is 1.77 bits per heavy atom. The molecule has 140 valence electrons. The van der Waals surface area contributed by atoms with E-state index in [1.807, 2.05) is 0 Å². The number of aliphatic hydroxyl groups excluding tert-OH is 1. The number of hydrogen-bond acceptors (Lipinski definition) is 7. The van der Waals surface area contributed by atoms with Crippen molar-refractivity contribution in [2.45, 2.75) is 6.10 Å². The van der Waals surface area contributed by atoms with Gasteiger partial charge in [0.1, 0.15) is 42.3 Å². The summed E-state index contributed by atoms with van der Waals surface area (Å²) in [7, 11) is 0. The monoisotopic (exact) mass is 362 g/mol. The van der Waals surface area contributed by atoms with E-state index in [1.165, 1.54) is 24.3 Å². The highest BCUT2D eigenvalue weighted by atomic mass is 16.5. The summed E-state index contributed by atoms with van der Waals surface area (Å²) in [5, 5.41) is 31.7. The van der Waals surface area contributed by atoms with E-state index in [0.29, 0.717) is 31.2 Å². The average molecular weight is 362 g/mol. The van der Waals surface area contributed by atoms with Crippen molar-refractivity contribution in [2.75, 3.05) is 26.3 Å². The predicted molar refractivity (Wildman–Crippen MR) is 94.6 cm³/mol. The Morgan fingerprint density at radius 3 is 2.42 bits per heavy atom. The number of carbonyl (C=O) groups is 1. The van der Waals surface area contributed by atoms with Crippen molar-refractivity contribution in [3.8, 4) is 23.0 Å². The van der Waals surface area contributed by atoms with Gasteiger partial charge >= 0.3 is 0 Å². The lowest BCUT2D eigenvalue weighted by atomic mass is 10.2. The van der Waals surface area contributed by atoms with Crippen molar-refractivity contribution in [2.24, 2.45) is 5.73 Å². The van der Waals surface area contributed by atoms with Crippen LogP contribution < -0.4 is 20.5 Å². The fraction of sp³-hybridized carbons (Fsp3) is 0.278. The van der Waals surface area contributed by atoms with Crippen LogP contribution in [0.4, 0.5) is 0 Å². The molecular weight excluding hydrogens is 340 g/mol. The van der Waals surface area contributed by atoms with Gasteiger partial charge in [0, 0.05) is 19.2 Å². The Bertz CT molecular complexity index is 720. The molecule has 0 spiro atoms. The predicted octanol–water partition coefficient (Wildman–Crippen LogP) is 0.605. The van der Waals surface area contributed by atoms with Crippen molar-refractivity contribution in [3.63, 3.8) is 0 Å². The van der Waals surface area contributed by atoms with Crippen LogP contribution in [0.3, 0.4) is 0 Å². The number of benzene rings is 2. The summed E-state index contributed by atoms with van der Waals surface area (Å²) in [4.78, 5) is 11.0. The topological polar surface area (TPSA) is 134 Å². The second-order valence-electron chi connectivity index (χ2n) is 5.55. The summed E-state index contributed by atoms with van der Waals surface area (Å²) in [6, 6.07) is 10.5. The number of primary amides is 1. The van der Waals surface area contributed by atoms with Crippen LogP contribution in [0.2, 0.25) is 0 Å². The molecule has 8 nitrogen and oxygen atoms in total. The summed E-state index contributed by atoms with van der Waals surface area (Å²) in [5.41, 5.74) is 5.14. The smallest absolute Gasteiger partial charge is 0.252 e. The fourth-order valence-electron chi connectivity index (χ4n) is 2.11. The number of aliphatic hydroxyl groups is 1. The summed E-state index contributed by atoms with van der Waals surface area (Å²) >= 11 is 0. The van der Waals surface area contributed by atoms with Crippen LogP contribution >= 0.6 is 0 Å². The highest BCUT2D eigenvalue weighted by molar-refractivity contribution is 5.95. The number of hydrogen-bond donors (Lipinski definition) is 5. The second-order valence-corrected chi connectivity index (χ2v) is 5.55. The van der Waals surface area contributed by atoms with Crippen LogP contribution in [-0.4, -0.2) is 53.6 Å². The maximum absolute atomic E-state index is 11.0. The molecule has 1 atom stereocenters. The van der Waals surface area contributed by atoms with Gasteiger partial charge in [-0.1, -0.05) is 0 Å². The molecule has 26 heavy (non-hydrogen) atoms. The van der Waals surface area contributed by atoms with E-state index in [2.05, 4.69) is 5.32 Å². The number of rotatable bonds is 10. The summed E-state index contributed by atoms with van der Waals surface area (Å²) in [6.07, 6.45) is -0.706. The summed E-state index contributed by atoms with van der Waals surface area (Å²) in [5.74, 6) is 0.177. The van der Waals surface area contributed by atoms with Crippen molar-refractivity contribution < 1.29 is 29.6 Å². The molecular formula is C18H22N2O6. The van der Waals surface area contributed by atoms with Crippen LogP contribution in [0, 0.1) is 0 Å². The Hall–Kier alpha value is -2.97. The van der Waals surface area contributed by atoms with E-state index in [9.17, 15) is 20.1 Å². The van der Waals surface area contributed by atoms with Gasteiger partial charge < -0.3 is 35.8 Å². The lowest BCUT2D eigenvalue weighted by molar-refractivity contribution is 0.0997. The van der Waals surface area contributed by atoms with Gasteiger partial charge in [0.25, 0.3) is 5.91 Å². The van der Waals surface area contributed by atoms with Crippen LogP contribution in [0.25, 0.3) is 0 Å². The van der Waals surface area contributed by atoms with Crippen molar-refractivity contribution >= 4 is 5.91 Å². The molecule has 0 saturated carbocycles. The molecule has 6 N–H and O–H groups in total. The molecule has 0 aliphatic heterocycles. The molecule has 2 aromatic carbocycles. The molecule has 0 bridgehead atoms. The van der Waals surface area contributed by atoms with Gasteiger partial charge in [-0.25, -0.2) is 0 Å². The Kier molecular flexibility index (Phi) is 7.07. The maximum Gasteiger partial charge on any atom is 0.252 e. The SMILES string of the molecule is NC(=O)c1ccc(OCCNCC(O)COc2ccc(O)cc2)cc1O. The zero-order valence-electron chi connectivity index (χ0n) is 14.1. The van der Waals surface area contributed by atoms with Gasteiger partial charge in [-0.2, -0.15) is 0 Å². The van der Waals surface area contributed by atoms with Crippen molar-refractivity contribution in [1.29, 1.82) is 0 Å². The van der Waals surface area contributed by atoms with Gasteiger partial charge in [0.2, 0.25) is 0 Å². The highest BCUT2D eigenvalue weighted by Crippen LogP contribution is 2.23. The van der Waals surface area contributed by atoms with Crippen LogP contribution in [0.5, 0.6) is 23.0 Å². The van der Waals surface area contributed by atoms with E-state index < -0.39 is 12.0 Å². The minimum atomic E-state index is -0.709. The number of phenols is 2. The molecule has 2 aromatic rings. The van der Waals surface area contributed by atoms with E-state index in [0.717, 1.165) is 0 Å². The number of amides is 1. The molecule has 0 saturated heterocycles. The second kappa shape index (κ2) is 9.50. The van der Waals surface area contributed by atoms with Crippen LogP contribution in [0.15, 0.2) is 42.5 Å². The molecule has 0 fully saturated rings. The normalized spacial score (nSPS) is 11.7. The van der Waals surface area contributed by atoms with E-state index in [1.54, 1.807) is 18.2 Å². The number of carbonyl (C=O) groups excluding carboxylic acids is 1. The molecule has 0 aromatic heterocycles. The summed E-state index contributed by atoms with van der Waals surface area (Å²) < 4.78 is 10.8. The zero-order chi connectivity index (χ0) is 18.9. The fourth-order valence-corrected chi connectivity index (χ4v) is 2.11. The Morgan fingerprint density at radius 1 is 1.08 bits per heavy atom. The molecule has 1 amide bonds. The summed E-state index contributed by atoms with van der Waals surface area (Å²) in [6.45, 7) is 1.20. The molecule has 0 radical (unpaired) electrons. The lowest BCUT2D eigenvalue weighted by Crippen LogP contribution is -2.33. The third-order valence-corrected chi connectivity index (χ3v) is 3.44. The first-order valence-electron chi connectivity index (χ1n) is 8.02. The number of ether oxygens (including phenoxy) is 2. The molecule has 8 heteroatoms. The zero-order valence-corrected chi connectivity index (χ0v) is 14.1. The standard InChI is InChI=1S/C18H22N2O6/c19-18(24)16-6-5-15(9-17(16)23)25-8-7-20-10-13(22)11-26-14-3-1-12(21)2-4-14/h1-6,9,13,20-23H,7-8,10-11H2,(H2,19,24). The van der Waals surface area contributed by atoms with Crippen molar-refractivity contribution in [3.05, 3.63) is 48.0 Å². The largest absolute Gasteiger partial charge is 0.508 e. The first-order chi connectivity index (χ1) is 12.5. The van der Waals surface area contributed by atoms with Gasteiger partial charge in [0.15, 0.2) is 0 Å². The lowest BCUT2D eigenvalue weighted by Gasteiger charge is -2.14. The quantitative estimate of drug-likeness (QED) is 0.391. The van der Waals surface area contributed by atoms with Gasteiger partial charge in [0.05, 0.1) is 5.56 Å². The molecule has 0 aliphatic rings. The Labute approximate surface area is 150 Å². The maximum atomic E-state index is 11.0. The van der Waals surface area contributed by atoms with Crippen molar-refractivity contribution in [1.82, 2.24) is 5.32 Å². The highest BCUT2D eigenvalue weighted by Gasteiger charge is 2.08. The van der Waals surface area contributed by atoms with Gasteiger partial charge in [-0.15, -0.1) is 0 Å². The minimum Gasteiger partial charge on any atom is -0.508 e. The molecule has 0 heterocycles. The third kappa shape index (κ3) is 6.15. The van der Waals surface area contributed by atoms with Crippen LogP contribution in [0.1, 0.15) is 10.4 Å². The molecule has 2 rings (SSSR count). The Balaban J connectivity index is 1.61. The number of aromatic hydroxyl groups is 2. The molecule has 1 unspecified atom stereocenters. The average Bonchev–Trinajstić information content (AvgIpc) is 2.60. The first-order valence-corrected chi connectivity index (χ1v) is 8.02. The molecule has 0 aliphatic carbocycles. The van der Waals surface area contributed by atoms with E-state index in [4.69, 9.17) is 15.2 Å². The minimum absolute atomic E-state index is 0.0345. The van der Waals surface area contributed by atoms with Gasteiger partial charge in [-0.3, -0.25) is 4.79 Å². The van der Waals surface area contributed by atoms with E-state index >= 15 is 0 Å². The van der Waals surface area contributed by atoms with E-state index in [-0.39, 0.29) is 23.7 Å². The number of phenolic OH excluding ortho intramolecular Hbond substituents is 1. The van der Waals surface area contributed by atoms with Crippen LogP contribution in [-0.2, 0) is 0 Å². The third-order valence-electron chi connectivity index (χ3n) is 3.44. The van der Waals surface area contributed by atoms with Gasteiger partial charge in [-0.05, 0) is 36.4 Å². The number of nitrogens with one attached hydrogen (secondary N) is 1. The first kappa shape index (κ1) is 19.4.